The van der Waals surface area contributed by atoms with E-state index < -0.39 is 0 Å². The van der Waals surface area contributed by atoms with Crippen molar-refractivity contribution >= 4 is 5.69 Å². The quantitative estimate of drug-likeness (QED) is 0.716. The summed E-state index contributed by atoms with van der Waals surface area (Å²) in [6, 6.07) is 6.39. The largest absolute Gasteiger partial charge is 0.321 e. The Morgan fingerprint density at radius 3 is 2.47 bits per heavy atom. The van der Waals surface area contributed by atoms with Crippen LogP contribution >= 0.6 is 0 Å². The summed E-state index contributed by atoms with van der Waals surface area (Å²) in [5.74, 6) is 0.436. The predicted molar refractivity (Wildman–Crippen MR) is 77.2 cm³/mol. The highest BCUT2D eigenvalue weighted by atomic mass is 15.1. The van der Waals surface area contributed by atoms with Crippen LogP contribution in [-0.2, 0) is 0 Å². The van der Waals surface area contributed by atoms with E-state index in [-0.39, 0.29) is 0 Å². The zero-order valence-corrected chi connectivity index (χ0v) is 11.6. The van der Waals surface area contributed by atoms with Gasteiger partial charge in [0.15, 0.2) is 0 Å². The number of aryl methyl sites for hydroxylation is 1. The lowest BCUT2D eigenvalue weighted by atomic mass is 10.0. The highest BCUT2D eigenvalue weighted by molar-refractivity contribution is 5.61. The van der Waals surface area contributed by atoms with Gasteiger partial charge in [0.2, 0.25) is 0 Å². The summed E-state index contributed by atoms with van der Waals surface area (Å²) in [7, 11) is 0. The molecule has 0 bridgehead atoms. The van der Waals surface area contributed by atoms with E-state index in [4.69, 9.17) is 0 Å². The van der Waals surface area contributed by atoms with Gasteiger partial charge < -0.3 is 4.90 Å². The van der Waals surface area contributed by atoms with Gasteiger partial charge in [-0.25, -0.2) is 0 Å². The van der Waals surface area contributed by atoms with Crippen molar-refractivity contribution in [2.24, 2.45) is 5.92 Å². The molecular weight excluding hydrogens is 206 g/mol. The number of rotatable bonds is 4. The molecule has 1 nitrogen and oxygen atoms in total. The van der Waals surface area contributed by atoms with Gasteiger partial charge in [0.1, 0.15) is 0 Å². The summed E-state index contributed by atoms with van der Waals surface area (Å²) in [6.45, 7) is 14.9. The fourth-order valence-corrected chi connectivity index (χ4v) is 1.75. The second kappa shape index (κ2) is 5.72. The maximum absolute atomic E-state index is 4.19. The van der Waals surface area contributed by atoms with Crippen LogP contribution < -0.4 is 4.90 Å². The Hall–Kier alpha value is -1.50. The molecule has 0 saturated heterocycles. The van der Waals surface area contributed by atoms with Gasteiger partial charge in [-0.05, 0) is 43.9 Å². The number of benzene rings is 1. The van der Waals surface area contributed by atoms with Crippen LogP contribution in [0.5, 0.6) is 0 Å². The third-order valence-corrected chi connectivity index (χ3v) is 3.11. The van der Waals surface area contributed by atoms with Gasteiger partial charge in [0.25, 0.3) is 0 Å². The van der Waals surface area contributed by atoms with Crippen LogP contribution in [0.25, 0.3) is 0 Å². The third-order valence-electron chi connectivity index (χ3n) is 3.11. The second-order valence-electron chi connectivity index (χ2n) is 4.72. The second-order valence-corrected chi connectivity index (χ2v) is 4.72. The summed E-state index contributed by atoms with van der Waals surface area (Å²) < 4.78 is 0. The lowest BCUT2D eigenvalue weighted by Gasteiger charge is -2.27. The molecular formula is C16H23N. The van der Waals surface area contributed by atoms with Crippen molar-refractivity contribution in [1.82, 2.24) is 0 Å². The summed E-state index contributed by atoms with van der Waals surface area (Å²) >= 11 is 0. The van der Waals surface area contributed by atoms with Crippen molar-refractivity contribution in [3.63, 3.8) is 0 Å². The van der Waals surface area contributed by atoms with Gasteiger partial charge >= 0.3 is 0 Å². The number of nitrogens with zero attached hydrogens (tertiary/aromatic N) is 1. The van der Waals surface area contributed by atoms with Crippen LogP contribution in [0.2, 0.25) is 0 Å². The van der Waals surface area contributed by atoms with Gasteiger partial charge in [-0.15, -0.1) is 0 Å². The zero-order chi connectivity index (χ0) is 13.0. The van der Waals surface area contributed by atoms with E-state index in [0.717, 1.165) is 5.70 Å². The highest BCUT2D eigenvalue weighted by Gasteiger charge is 2.13. The summed E-state index contributed by atoms with van der Waals surface area (Å²) in [4.78, 5) is 2.19. The van der Waals surface area contributed by atoms with Crippen LogP contribution in [0.15, 0.2) is 42.8 Å². The minimum atomic E-state index is 0.436. The fourth-order valence-electron chi connectivity index (χ4n) is 1.75. The van der Waals surface area contributed by atoms with Gasteiger partial charge in [0.05, 0.1) is 0 Å². The van der Waals surface area contributed by atoms with Crippen molar-refractivity contribution in [1.29, 1.82) is 0 Å². The van der Waals surface area contributed by atoms with Crippen LogP contribution in [0, 0.1) is 19.8 Å². The summed E-state index contributed by atoms with van der Waals surface area (Å²) in [6.07, 6.45) is 4.14. The Labute approximate surface area is 105 Å². The molecule has 17 heavy (non-hydrogen) atoms. The molecule has 1 aromatic rings. The Bertz CT molecular complexity index is 427. The number of anilines is 1. The first-order valence-corrected chi connectivity index (χ1v) is 6.16. The Kier molecular flexibility index (Phi) is 4.56. The first-order chi connectivity index (χ1) is 7.99. The van der Waals surface area contributed by atoms with Crippen LogP contribution in [-0.4, -0.2) is 0 Å². The molecule has 0 saturated carbocycles. The van der Waals surface area contributed by atoms with Crippen molar-refractivity contribution in [2.45, 2.75) is 34.6 Å². The van der Waals surface area contributed by atoms with Crippen molar-refractivity contribution in [3.8, 4) is 0 Å². The van der Waals surface area contributed by atoms with E-state index >= 15 is 0 Å². The molecule has 0 heterocycles. The molecule has 0 aliphatic carbocycles. The molecule has 1 aromatic carbocycles. The fraction of sp³-hybridized carbons (Fsp3) is 0.375. The molecule has 0 aliphatic rings. The van der Waals surface area contributed by atoms with Crippen molar-refractivity contribution in [3.05, 3.63) is 53.9 Å². The molecule has 0 aromatic heterocycles. The molecule has 0 radical (unpaired) electrons. The zero-order valence-electron chi connectivity index (χ0n) is 11.6. The normalized spacial score (nSPS) is 11.2. The average molecular weight is 229 g/mol. The smallest absolute Gasteiger partial charge is 0.0483 e. The lowest BCUT2D eigenvalue weighted by molar-refractivity contribution is 0.747. The number of hydrogen-bond donors (Lipinski definition) is 0. The molecule has 0 unspecified atom stereocenters. The molecule has 0 aliphatic heterocycles. The van der Waals surface area contributed by atoms with Crippen molar-refractivity contribution in [2.75, 3.05) is 4.90 Å². The Morgan fingerprint density at radius 1 is 1.29 bits per heavy atom. The Balaban J connectivity index is 3.23. The highest BCUT2D eigenvalue weighted by Crippen LogP contribution is 2.28. The van der Waals surface area contributed by atoms with E-state index in [2.05, 4.69) is 69.6 Å². The van der Waals surface area contributed by atoms with Crippen LogP contribution in [0.1, 0.15) is 31.9 Å². The minimum absolute atomic E-state index is 0.436. The Morgan fingerprint density at radius 2 is 1.94 bits per heavy atom. The van der Waals surface area contributed by atoms with E-state index in [1.54, 1.807) is 0 Å². The van der Waals surface area contributed by atoms with Gasteiger partial charge in [-0.3, -0.25) is 0 Å². The van der Waals surface area contributed by atoms with E-state index in [0.29, 0.717) is 5.92 Å². The van der Waals surface area contributed by atoms with Crippen LogP contribution in [0.3, 0.4) is 0 Å². The molecule has 0 spiro atoms. The first-order valence-electron chi connectivity index (χ1n) is 6.16. The van der Waals surface area contributed by atoms with Crippen molar-refractivity contribution < 1.29 is 0 Å². The van der Waals surface area contributed by atoms with Gasteiger partial charge in [-0.2, -0.15) is 0 Å². The molecule has 0 atom stereocenters. The molecule has 1 heteroatoms. The molecule has 92 valence electrons. The molecule has 0 fully saturated rings. The summed E-state index contributed by atoms with van der Waals surface area (Å²) in [5, 5.41) is 0. The van der Waals surface area contributed by atoms with E-state index in [1.165, 1.54) is 16.8 Å². The summed E-state index contributed by atoms with van der Waals surface area (Å²) in [5.41, 5.74) is 4.97. The number of allylic oxidation sites excluding steroid dienone is 2. The van der Waals surface area contributed by atoms with Gasteiger partial charge in [-0.1, -0.05) is 38.6 Å². The van der Waals surface area contributed by atoms with E-state index in [9.17, 15) is 0 Å². The van der Waals surface area contributed by atoms with Crippen LogP contribution in [0.4, 0.5) is 5.69 Å². The predicted octanol–water partition coefficient (Wildman–Crippen LogP) is 4.81. The standard InChI is InChI=1S/C16H23N/c1-7-11-17(15(6)12(2)3)16-10-8-9-13(4)14(16)5/h7-12H,6H2,1-5H3/b11-7-. The topological polar surface area (TPSA) is 3.24 Å². The molecule has 1 rings (SSSR count). The maximum Gasteiger partial charge on any atom is 0.0483 e. The average Bonchev–Trinajstić information content (AvgIpc) is 2.29. The number of hydrogen-bond acceptors (Lipinski definition) is 1. The molecule has 0 amide bonds. The first kappa shape index (κ1) is 13.6. The maximum atomic E-state index is 4.19. The van der Waals surface area contributed by atoms with E-state index in [1.807, 2.05) is 6.92 Å². The lowest BCUT2D eigenvalue weighted by Crippen LogP contribution is -2.19. The van der Waals surface area contributed by atoms with Gasteiger partial charge in [0, 0.05) is 17.6 Å². The third kappa shape index (κ3) is 3.00. The SMILES string of the molecule is C=C(C(C)C)N(/C=C\C)c1cccc(C)c1C. The molecule has 0 N–H and O–H groups in total. The minimum Gasteiger partial charge on any atom is -0.321 e. The monoisotopic (exact) mass is 229 g/mol.